The topological polar surface area (TPSA) is 41.1 Å². The highest BCUT2D eigenvalue weighted by Crippen LogP contribution is 2.34. The zero-order valence-corrected chi connectivity index (χ0v) is 7.16. The predicted octanol–water partition coefficient (Wildman–Crippen LogP) is 0.417. The second-order valence-electron chi connectivity index (χ2n) is 3.13. The van der Waals surface area contributed by atoms with Crippen LogP contribution in [0.3, 0.4) is 0 Å². The quantitative estimate of drug-likeness (QED) is 0.686. The van der Waals surface area contributed by atoms with Crippen molar-refractivity contribution >= 4 is 5.91 Å². The molecule has 3 nitrogen and oxygen atoms in total. The third-order valence-corrected chi connectivity index (χ3v) is 2.11. The summed E-state index contributed by atoms with van der Waals surface area (Å²) in [4.78, 5) is 11.1. The molecule has 0 unspecified atom stereocenters. The van der Waals surface area contributed by atoms with Crippen LogP contribution < -0.4 is 10.6 Å². The van der Waals surface area contributed by atoms with E-state index < -0.39 is 24.2 Å². The zero-order valence-electron chi connectivity index (χ0n) is 7.16. The summed E-state index contributed by atoms with van der Waals surface area (Å²) in [7, 11) is 1.57. The van der Waals surface area contributed by atoms with E-state index in [-0.39, 0.29) is 0 Å². The molecular weight excluding hydrogens is 185 g/mol. The number of carbonyl (C=O) groups is 1. The van der Waals surface area contributed by atoms with Crippen LogP contribution in [0.2, 0.25) is 0 Å². The number of carbonyl (C=O) groups excluding carboxylic acids is 1. The standard InChI is InChI=1S/C7H11F3N2O/c1-11-6(2-3-6)5(13)12-4-7(8,9)10/h11H,2-4H2,1H3,(H,12,13). The first kappa shape index (κ1) is 10.3. The minimum Gasteiger partial charge on any atom is -0.345 e. The van der Waals surface area contributed by atoms with Gasteiger partial charge in [-0.2, -0.15) is 13.2 Å². The Morgan fingerprint density at radius 2 is 2.00 bits per heavy atom. The van der Waals surface area contributed by atoms with Gasteiger partial charge in [-0.3, -0.25) is 4.79 Å². The molecule has 1 saturated carbocycles. The lowest BCUT2D eigenvalue weighted by Crippen LogP contribution is -2.47. The highest BCUT2D eigenvalue weighted by Gasteiger charge is 2.49. The second kappa shape index (κ2) is 3.17. The van der Waals surface area contributed by atoms with Gasteiger partial charge < -0.3 is 10.6 Å². The maximum absolute atomic E-state index is 11.7. The van der Waals surface area contributed by atoms with Crippen molar-refractivity contribution in [1.29, 1.82) is 0 Å². The van der Waals surface area contributed by atoms with Crippen LogP contribution in [0.25, 0.3) is 0 Å². The average molecular weight is 196 g/mol. The molecule has 1 aliphatic carbocycles. The summed E-state index contributed by atoms with van der Waals surface area (Å²) in [5.41, 5.74) is -0.731. The summed E-state index contributed by atoms with van der Waals surface area (Å²) in [6.07, 6.45) is -3.13. The lowest BCUT2D eigenvalue weighted by molar-refractivity contribution is -0.140. The van der Waals surface area contributed by atoms with Crippen molar-refractivity contribution in [3.8, 4) is 0 Å². The third kappa shape index (κ3) is 2.58. The van der Waals surface area contributed by atoms with Gasteiger partial charge in [0.15, 0.2) is 0 Å². The Labute approximate surface area is 73.7 Å². The molecule has 13 heavy (non-hydrogen) atoms. The van der Waals surface area contributed by atoms with Gasteiger partial charge in [-0.15, -0.1) is 0 Å². The van der Waals surface area contributed by atoms with Crippen LogP contribution in [0.15, 0.2) is 0 Å². The van der Waals surface area contributed by atoms with Crippen molar-refractivity contribution in [3.05, 3.63) is 0 Å². The fourth-order valence-electron chi connectivity index (χ4n) is 1.07. The first-order valence-electron chi connectivity index (χ1n) is 3.94. The molecule has 76 valence electrons. The highest BCUT2D eigenvalue weighted by atomic mass is 19.4. The summed E-state index contributed by atoms with van der Waals surface area (Å²) in [5.74, 6) is -0.563. The minimum absolute atomic E-state index is 0.563. The number of nitrogens with one attached hydrogen (secondary N) is 2. The van der Waals surface area contributed by atoms with Gasteiger partial charge >= 0.3 is 6.18 Å². The van der Waals surface area contributed by atoms with Gasteiger partial charge in [-0.25, -0.2) is 0 Å². The molecular formula is C7H11F3N2O. The Morgan fingerprint density at radius 1 is 1.46 bits per heavy atom. The van der Waals surface area contributed by atoms with E-state index in [2.05, 4.69) is 5.32 Å². The van der Waals surface area contributed by atoms with Crippen LogP contribution in [-0.4, -0.2) is 31.2 Å². The Kier molecular flexibility index (Phi) is 2.51. The number of halogens is 3. The Morgan fingerprint density at radius 3 is 2.31 bits per heavy atom. The van der Waals surface area contributed by atoms with E-state index in [4.69, 9.17) is 0 Å². The van der Waals surface area contributed by atoms with E-state index in [9.17, 15) is 18.0 Å². The van der Waals surface area contributed by atoms with Crippen LogP contribution in [0, 0.1) is 0 Å². The average Bonchev–Trinajstić information content (AvgIpc) is 2.79. The molecule has 0 heterocycles. The predicted molar refractivity (Wildman–Crippen MR) is 40.1 cm³/mol. The fraction of sp³-hybridized carbons (Fsp3) is 0.857. The molecule has 0 radical (unpaired) electrons. The summed E-state index contributed by atoms with van der Waals surface area (Å²) in [6.45, 7) is -1.25. The van der Waals surface area contributed by atoms with Gasteiger partial charge in [0.05, 0.1) is 5.54 Å². The van der Waals surface area contributed by atoms with Crippen LogP contribution in [0.5, 0.6) is 0 Å². The molecule has 0 aliphatic heterocycles. The molecule has 0 atom stereocenters. The van der Waals surface area contributed by atoms with E-state index in [0.29, 0.717) is 12.8 Å². The first-order valence-corrected chi connectivity index (χ1v) is 3.94. The molecule has 0 aromatic carbocycles. The van der Waals surface area contributed by atoms with Gasteiger partial charge in [-0.05, 0) is 19.9 Å². The molecule has 0 aromatic rings. The van der Waals surface area contributed by atoms with E-state index >= 15 is 0 Å². The minimum atomic E-state index is -4.33. The molecule has 0 saturated heterocycles. The van der Waals surface area contributed by atoms with E-state index in [0.717, 1.165) is 0 Å². The van der Waals surface area contributed by atoms with Crippen molar-refractivity contribution < 1.29 is 18.0 Å². The molecule has 0 spiro atoms. The SMILES string of the molecule is CNC1(C(=O)NCC(F)(F)F)CC1. The van der Waals surface area contributed by atoms with Crippen LogP contribution in [0.1, 0.15) is 12.8 Å². The lowest BCUT2D eigenvalue weighted by atomic mass is 10.2. The molecule has 0 aromatic heterocycles. The van der Waals surface area contributed by atoms with Gasteiger partial charge in [0.2, 0.25) is 5.91 Å². The van der Waals surface area contributed by atoms with Crippen molar-refractivity contribution in [2.24, 2.45) is 0 Å². The number of rotatable bonds is 3. The van der Waals surface area contributed by atoms with E-state index in [1.165, 1.54) is 0 Å². The second-order valence-corrected chi connectivity index (χ2v) is 3.13. The number of amides is 1. The van der Waals surface area contributed by atoms with Crippen molar-refractivity contribution in [3.63, 3.8) is 0 Å². The van der Waals surface area contributed by atoms with Crippen molar-refractivity contribution in [2.75, 3.05) is 13.6 Å². The van der Waals surface area contributed by atoms with Crippen LogP contribution in [0.4, 0.5) is 13.2 Å². The van der Waals surface area contributed by atoms with Gasteiger partial charge in [0.25, 0.3) is 0 Å². The molecule has 6 heteroatoms. The number of likely N-dealkylation sites (N-methyl/N-ethyl adjacent to an activating group) is 1. The van der Waals surface area contributed by atoms with Crippen LogP contribution in [-0.2, 0) is 4.79 Å². The Balaban J connectivity index is 2.34. The molecule has 2 N–H and O–H groups in total. The smallest absolute Gasteiger partial charge is 0.345 e. The maximum atomic E-state index is 11.7. The van der Waals surface area contributed by atoms with Crippen molar-refractivity contribution in [2.45, 2.75) is 24.6 Å². The lowest BCUT2D eigenvalue weighted by Gasteiger charge is -2.14. The zero-order chi connectivity index (χ0) is 10.1. The number of hydrogen-bond donors (Lipinski definition) is 2. The number of hydrogen-bond acceptors (Lipinski definition) is 2. The van der Waals surface area contributed by atoms with Gasteiger partial charge in [0, 0.05) is 0 Å². The molecule has 1 rings (SSSR count). The van der Waals surface area contributed by atoms with Crippen LogP contribution >= 0.6 is 0 Å². The fourth-order valence-corrected chi connectivity index (χ4v) is 1.07. The monoisotopic (exact) mass is 196 g/mol. The van der Waals surface area contributed by atoms with E-state index in [1.807, 2.05) is 5.32 Å². The first-order chi connectivity index (χ1) is 5.90. The molecule has 0 bridgehead atoms. The summed E-state index contributed by atoms with van der Waals surface area (Å²) < 4.78 is 35.1. The molecule has 1 fully saturated rings. The summed E-state index contributed by atoms with van der Waals surface area (Å²) >= 11 is 0. The molecule has 1 amide bonds. The summed E-state index contributed by atoms with van der Waals surface area (Å²) in [5, 5.41) is 4.56. The van der Waals surface area contributed by atoms with E-state index in [1.54, 1.807) is 7.05 Å². The highest BCUT2D eigenvalue weighted by molar-refractivity contribution is 5.89. The third-order valence-electron chi connectivity index (χ3n) is 2.11. The largest absolute Gasteiger partial charge is 0.405 e. The number of alkyl halides is 3. The Hall–Kier alpha value is -0.780. The van der Waals surface area contributed by atoms with Crippen molar-refractivity contribution in [1.82, 2.24) is 10.6 Å². The van der Waals surface area contributed by atoms with Gasteiger partial charge in [0.1, 0.15) is 6.54 Å². The maximum Gasteiger partial charge on any atom is 0.405 e. The normalized spacial score (nSPS) is 19.7. The summed E-state index contributed by atoms with van der Waals surface area (Å²) in [6, 6.07) is 0. The molecule has 1 aliphatic rings. The Bertz CT molecular complexity index is 210. The van der Waals surface area contributed by atoms with Gasteiger partial charge in [-0.1, -0.05) is 0 Å².